The third-order valence-electron chi connectivity index (χ3n) is 5.97. The van der Waals surface area contributed by atoms with E-state index in [1.807, 2.05) is 60.7 Å². The van der Waals surface area contributed by atoms with E-state index in [1.54, 1.807) is 0 Å². The minimum atomic E-state index is -0.205. The van der Waals surface area contributed by atoms with Gasteiger partial charge in [-0.25, -0.2) is 0 Å². The van der Waals surface area contributed by atoms with Crippen molar-refractivity contribution in [1.29, 1.82) is 0 Å². The fraction of sp³-hybridized carbons (Fsp3) is 0.310. The first-order valence-electron chi connectivity index (χ1n) is 11.6. The highest BCUT2D eigenvalue weighted by Crippen LogP contribution is 2.25. The van der Waals surface area contributed by atoms with E-state index >= 15 is 0 Å². The summed E-state index contributed by atoms with van der Waals surface area (Å²) in [6, 6.07) is 30.9. The molecular formula is C29H33NO3. The first-order chi connectivity index (χ1) is 16.3. The SMILES string of the molecule is C=CC[C@@H]1NC[C@@H](OCc2ccccc2)[C@H](OCc2ccccc2)[C@H]1OCc1ccccc1. The van der Waals surface area contributed by atoms with Crippen LogP contribution < -0.4 is 5.32 Å². The molecule has 0 amide bonds. The smallest absolute Gasteiger partial charge is 0.113 e. The zero-order valence-corrected chi connectivity index (χ0v) is 19.0. The minimum absolute atomic E-state index is 0.114. The van der Waals surface area contributed by atoms with E-state index in [4.69, 9.17) is 14.2 Å². The van der Waals surface area contributed by atoms with Crippen molar-refractivity contribution < 1.29 is 14.2 Å². The first kappa shape index (κ1) is 23.4. The van der Waals surface area contributed by atoms with E-state index in [0.29, 0.717) is 26.4 Å². The van der Waals surface area contributed by atoms with Crippen LogP contribution in [0.25, 0.3) is 0 Å². The molecule has 0 aliphatic carbocycles. The van der Waals surface area contributed by atoms with Gasteiger partial charge in [-0.15, -0.1) is 6.58 Å². The van der Waals surface area contributed by atoms with Gasteiger partial charge in [0, 0.05) is 12.6 Å². The van der Waals surface area contributed by atoms with Gasteiger partial charge in [0.25, 0.3) is 0 Å². The second-order valence-electron chi connectivity index (χ2n) is 8.40. The lowest BCUT2D eigenvalue weighted by molar-refractivity contribution is -0.175. The van der Waals surface area contributed by atoms with Gasteiger partial charge in [-0.3, -0.25) is 0 Å². The number of benzene rings is 3. The maximum Gasteiger partial charge on any atom is 0.113 e. The number of hydrogen-bond donors (Lipinski definition) is 1. The predicted octanol–water partition coefficient (Wildman–Crippen LogP) is 5.29. The normalized spacial score (nSPS) is 22.7. The first-order valence-corrected chi connectivity index (χ1v) is 11.6. The average molecular weight is 444 g/mol. The molecule has 1 aliphatic heterocycles. The van der Waals surface area contributed by atoms with E-state index in [0.717, 1.165) is 23.1 Å². The Morgan fingerprint density at radius 2 is 1.12 bits per heavy atom. The van der Waals surface area contributed by atoms with Crippen molar-refractivity contribution >= 4 is 0 Å². The third-order valence-corrected chi connectivity index (χ3v) is 5.97. The summed E-state index contributed by atoms with van der Waals surface area (Å²) in [5.74, 6) is 0. The summed E-state index contributed by atoms with van der Waals surface area (Å²) in [6.45, 7) is 6.24. The Morgan fingerprint density at radius 3 is 1.61 bits per heavy atom. The Hall–Kier alpha value is -2.76. The molecule has 4 nitrogen and oxygen atoms in total. The van der Waals surface area contributed by atoms with Gasteiger partial charge in [0.1, 0.15) is 12.2 Å². The Kier molecular flexibility index (Phi) is 8.84. The highest BCUT2D eigenvalue weighted by Gasteiger charge is 2.41. The molecule has 3 aromatic carbocycles. The number of hydrogen-bond acceptors (Lipinski definition) is 4. The molecule has 1 fully saturated rings. The average Bonchev–Trinajstić information content (AvgIpc) is 2.88. The Bertz CT molecular complexity index is 948. The van der Waals surface area contributed by atoms with Crippen LogP contribution in [0.2, 0.25) is 0 Å². The molecule has 4 atom stereocenters. The molecule has 3 aromatic rings. The molecule has 0 saturated carbocycles. The largest absolute Gasteiger partial charge is 0.369 e. The molecule has 0 aromatic heterocycles. The van der Waals surface area contributed by atoms with Gasteiger partial charge >= 0.3 is 0 Å². The molecule has 33 heavy (non-hydrogen) atoms. The molecule has 4 rings (SSSR count). The van der Waals surface area contributed by atoms with Crippen molar-refractivity contribution in [2.75, 3.05) is 6.54 Å². The summed E-state index contributed by atoms with van der Waals surface area (Å²) in [5, 5.41) is 3.62. The van der Waals surface area contributed by atoms with Crippen LogP contribution in [0.1, 0.15) is 23.1 Å². The topological polar surface area (TPSA) is 39.7 Å². The fourth-order valence-corrected chi connectivity index (χ4v) is 4.22. The molecule has 1 saturated heterocycles. The second kappa shape index (κ2) is 12.5. The highest BCUT2D eigenvalue weighted by atomic mass is 16.6. The molecule has 1 heterocycles. The minimum Gasteiger partial charge on any atom is -0.369 e. The van der Waals surface area contributed by atoms with Crippen LogP contribution in [-0.2, 0) is 34.0 Å². The second-order valence-corrected chi connectivity index (χ2v) is 8.40. The molecule has 1 N–H and O–H groups in total. The van der Waals surface area contributed by atoms with Gasteiger partial charge in [-0.05, 0) is 23.1 Å². The summed E-state index contributed by atoms with van der Waals surface area (Å²) >= 11 is 0. The Morgan fingerprint density at radius 1 is 0.667 bits per heavy atom. The van der Waals surface area contributed by atoms with Crippen LogP contribution >= 0.6 is 0 Å². The van der Waals surface area contributed by atoms with Gasteiger partial charge in [0.05, 0.1) is 25.9 Å². The Balaban J connectivity index is 1.51. The van der Waals surface area contributed by atoms with Crippen molar-refractivity contribution in [3.8, 4) is 0 Å². The lowest BCUT2D eigenvalue weighted by Gasteiger charge is -2.43. The van der Waals surface area contributed by atoms with Crippen LogP contribution in [-0.4, -0.2) is 30.9 Å². The van der Waals surface area contributed by atoms with Crippen LogP contribution in [0.15, 0.2) is 104 Å². The van der Waals surface area contributed by atoms with Crippen molar-refractivity contribution in [3.05, 3.63) is 120 Å². The predicted molar refractivity (Wildman–Crippen MR) is 132 cm³/mol. The van der Waals surface area contributed by atoms with Crippen molar-refractivity contribution in [3.63, 3.8) is 0 Å². The third kappa shape index (κ3) is 6.86. The number of ether oxygens (including phenoxy) is 3. The van der Waals surface area contributed by atoms with Crippen LogP contribution in [0, 0.1) is 0 Å². The Labute approximate surface area is 197 Å². The van der Waals surface area contributed by atoms with Crippen LogP contribution in [0.3, 0.4) is 0 Å². The van der Waals surface area contributed by atoms with Crippen LogP contribution in [0.4, 0.5) is 0 Å². The zero-order chi connectivity index (χ0) is 22.7. The summed E-state index contributed by atoms with van der Waals surface area (Å²) in [4.78, 5) is 0. The monoisotopic (exact) mass is 443 g/mol. The molecule has 0 unspecified atom stereocenters. The maximum atomic E-state index is 6.52. The summed E-state index contributed by atoms with van der Waals surface area (Å²) in [5.41, 5.74) is 3.43. The standard InChI is InChI=1S/C29H33NO3/c1-2-12-26-28(32-21-24-15-8-4-9-16-24)29(33-22-25-17-10-5-11-18-25)27(19-30-26)31-20-23-13-6-3-7-14-23/h2-11,13-18,26-30H,1,12,19-22H2/t26-,27+,28-,29-/m0/s1. The number of piperidine rings is 1. The molecule has 0 spiro atoms. The van der Waals surface area contributed by atoms with E-state index in [1.165, 1.54) is 0 Å². The molecule has 0 radical (unpaired) electrons. The zero-order valence-electron chi connectivity index (χ0n) is 19.0. The highest BCUT2D eigenvalue weighted by molar-refractivity contribution is 5.16. The molecule has 0 bridgehead atoms. The van der Waals surface area contributed by atoms with Gasteiger partial charge < -0.3 is 19.5 Å². The molecular weight excluding hydrogens is 410 g/mol. The molecule has 1 aliphatic rings. The van der Waals surface area contributed by atoms with Crippen molar-refractivity contribution in [2.24, 2.45) is 0 Å². The van der Waals surface area contributed by atoms with Gasteiger partial charge in [0.15, 0.2) is 0 Å². The molecule has 4 heteroatoms. The number of rotatable bonds is 11. The van der Waals surface area contributed by atoms with E-state index in [2.05, 4.69) is 48.3 Å². The summed E-state index contributed by atoms with van der Waals surface area (Å²) in [7, 11) is 0. The number of nitrogens with one attached hydrogen (secondary N) is 1. The lowest BCUT2D eigenvalue weighted by Crippen LogP contribution is -2.61. The van der Waals surface area contributed by atoms with Crippen molar-refractivity contribution in [2.45, 2.75) is 50.6 Å². The van der Waals surface area contributed by atoms with E-state index in [9.17, 15) is 0 Å². The van der Waals surface area contributed by atoms with Gasteiger partial charge in [-0.2, -0.15) is 0 Å². The van der Waals surface area contributed by atoms with E-state index in [-0.39, 0.29) is 24.4 Å². The van der Waals surface area contributed by atoms with Crippen molar-refractivity contribution in [1.82, 2.24) is 5.32 Å². The maximum absolute atomic E-state index is 6.52. The van der Waals surface area contributed by atoms with Gasteiger partial charge in [-0.1, -0.05) is 97.1 Å². The lowest BCUT2D eigenvalue weighted by atomic mass is 9.93. The summed E-state index contributed by atoms with van der Waals surface area (Å²) in [6.07, 6.45) is 2.24. The van der Waals surface area contributed by atoms with Gasteiger partial charge in [0.2, 0.25) is 0 Å². The molecule has 172 valence electrons. The van der Waals surface area contributed by atoms with Crippen LogP contribution in [0.5, 0.6) is 0 Å². The fourth-order valence-electron chi connectivity index (χ4n) is 4.22. The summed E-state index contributed by atoms with van der Waals surface area (Å²) < 4.78 is 19.4. The quantitative estimate of drug-likeness (QED) is 0.409. The van der Waals surface area contributed by atoms with E-state index < -0.39 is 0 Å².